The normalized spacial score (nSPS) is 20.1. The molecular formula is C19H15N7OS2. The van der Waals surface area contributed by atoms with Crippen LogP contribution in [0.2, 0.25) is 0 Å². The Bertz CT molecular complexity index is 1170. The lowest BCUT2D eigenvalue weighted by molar-refractivity contribution is -0.113. The summed E-state index contributed by atoms with van der Waals surface area (Å²) in [5.41, 5.74) is 2.89. The van der Waals surface area contributed by atoms with Crippen molar-refractivity contribution >= 4 is 51.9 Å². The number of nitrogens with zero attached hydrogens (tertiary/aromatic N) is 6. The number of H-pyrrole nitrogens is 1. The van der Waals surface area contributed by atoms with Gasteiger partial charge in [-0.15, -0.1) is 5.10 Å². The molecule has 10 heteroatoms. The smallest absolute Gasteiger partial charge is 0.291 e. The van der Waals surface area contributed by atoms with E-state index in [1.54, 1.807) is 16.7 Å². The second-order valence-electron chi connectivity index (χ2n) is 6.45. The van der Waals surface area contributed by atoms with Crippen molar-refractivity contribution < 1.29 is 4.79 Å². The first kappa shape index (κ1) is 18.0. The van der Waals surface area contributed by atoms with Crippen LogP contribution in [-0.2, 0) is 4.79 Å². The number of carbonyl (C=O) groups excluding carboxylic acids is 1. The molecule has 0 saturated carbocycles. The van der Waals surface area contributed by atoms with Crippen LogP contribution in [0.15, 0.2) is 68.4 Å². The van der Waals surface area contributed by atoms with Gasteiger partial charge in [-0.2, -0.15) is 10.2 Å². The van der Waals surface area contributed by atoms with Crippen molar-refractivity contribution in [2.45, 2.75) is 11.8 Å². The minimum atomic E-state index is -0.120. The van der Waals surface area contributed by atoms with E-state index in [0.29, 0.717) is 10.1 Å². The van der Waals surface area contributed by atoms with Crippen LogP contribution < -0.4 is 9.80 Å². The predicted molar refractivity (Wildman–Crippen MR) is 115 cm³/mol. The number of tetrazole rings is 1. The Labute approximate surface area is 175 Å². The molecule has 0 bridgehead atoms. The fraction of sp³-hybridized carbons (Fsp3) is 0.105. The zero-order chi connectivity index (χ0) is 20.0. The van der Waals surface area contributed by atoms with Gasteiger partial charge in [-0.25, -0.2) is 0 Å². The van der Waals surface area contributed by atoms with Gasteiger partial charge in [-0.3, -0.25) is 9.69 Å². The molecule has 144 valence electrons. The Balaban J connectivity index is 1.62. The number of rotatable bonds is 2. The summed E-state index contributed by atoms with van der Waals surface area (Å²) in [5, 5.41) is 15.1. The van der Waals surface area contributed by atoms with E-state index in [1.807, 2.05) is 61.3 Å². The average Bonchev–Trinajstić information content (AvgIpc) is 3.41. The number of hydrogen-bond acceptors (Lipinski definition) is 8. The van der Waals surface area contributed by atoms with Gasteiger partial charge >= 0.3 is 0 Å². The Morgan fingerprint density at radius 2 is 1.97 bits per heavy atom. The standard InChI is InChI=1S/C19H15N7OS2/c1-11-6-5-7-12(10-11)26-16(27)15(29-19(26)20-18-21-23-24-22-18)17-25(2)13-8-3-4-9-14(13)28-17/h3-10H,1-2H3,(H,21,22,23,24). The van der Waals surface area contributed by atoms with Crippen molar-refractivity contribution in [3.8, 4) is 0 Å². The van der Waals surface area contributed by atoms with E-state index in [4.69, 9.17) is 0 Å². The summed E-state index contributed by atoms with van der Waals surface area (Å²) in [6.07, 6.45) is 0. The fourth-order valence-electron chi connectivity index (χ4n) is 3.16. The van der Waals surface area contributed by atoms with Crippen LogP contribution >= 0.6 is 23.5 Å². The molecule has 1 amide bonds. The maximum Gasteiger partial charge on any atom is 0.291 e. The van der Waals surface area contributed by atoms with Crippen LogP contribution in [0, 0.1) is 6.92 Å². The number of amides is 1. The number of hydrogen-bond donors (Lipinski definition) is 1. The van der Waals surface area contributed by atoms with Crippen molar-refractivity contribution in [2.75, 3.05) is 16.8 Å². The number of aromatic amines is 1. The van der Waals surface area contributed by atoms with Gasteiger partial charge in [0.05, 0.1) is 16.4 Å². The molecule has 1 aromatic heterocycles. The molecule has 0 spiro atoms. The highest BCUT2D eigenvalue weighted by atomic mass is 32.2. The average molecular weight is 422 g/mol. The SMILES string of the molecule is Cc1cccc(N2C(=O)C(=C3Sc4ccccc4N3C)SC2=Nc2nn[nH]n2)c1. The molecule has 1 saturated heterocycles. The maximum atomic E-state index is 13.5. The Morgan fingerprint density at radius 3 is 2.72 bits per heavy atom. The molecule has 3 heterocycles. The second-order valence-corrected chi connectivity index (χ2v) is 8.46. The zero-order valence-electron chi connectivity index (χ0n) is 15.5. The first-order valence-electron chi connectivity index (χ1n) is 8.78. The zero-order valence-corrected chi connectivity index (χ0v) is 17.2. The van der Waals surface area contributed by atoms with Crippen LogP contribution in [-0.4, -0.2) is 38.7 Å². The van der Waals surface area contributed by atoms with E-state index >= 15 is 0 Å². The number of nitrogens with one attached hydrogen (secondary N) is 1. The maximum absolute atomic E-state index is 13.5. The van der Waals surface area contributed by atoms with Crippen molar-refractivity contribution in [1.29, 1.82) is 0 Å². The fourth-order valence-corrected chi connectivity index (χ4v) is 5.48. The Morgan fingerprint density at radius 1 is 1.10 bits per heavy atom. The van der Waals surface area contributed by atoms with Gasteiger partial charge in [0.2, 0.25) is 0 Å². The van der Waals surface area contributed by atoms with Crippen molar-refractivity contribution in [1.82, 2.24) is 20.6 Å². The van der Waals surface area contributed by atoms with Gasteiger partial charge in [0.1, 0.15) is 4.91 Å². The molecule has 3 aromatic rings. The van der Waals surface area contributed by atoms with E-state index in [1.165, 1.54) is 11.8 Å². The Kier molecular flexibility index (Phi) is 4.36. The molecule has 1 fully saturated rings. The monoisotopic (exact) mass is 421 g/mol. The van der Waals surface area contributed by atoms with Crippen molar-refractivity contribution in [3.05, 3.63) is 64.0 Å². The topological polar surface area (TPSA) is 90.4 Å². The lowest BCUT2D eigenvalue weighted by Gasteiger charge is -2.17. The van der Waals surface area contributed by atoms with E-state index in [0.717, 1.165) is 26.9 Å². The highest BCUT2D eigenvalue weighted by Crippen LogP contribution is 2.50. The minimum Gasteiger partial charge on any atom is -0.337 e. The molecule has 29 heavy (non-hydrogen) atoms. The molecule has 0 radical (unpaired) electrons. The molecule has 5 rings (SSSR count). The molecule has 0 atom stereocenters. The quantitative estimate of drug-likeness (QED) is 0.631. The van der Waals surface area contributed by atoms with Crippen LogP contribution in [0.5, 0.6) is 0 Å². The van der Waals surface area contributed by atoms with Gasteiger partial charge in [-0.1, -0.05) is 41.1 Å². The first-order chi connectivity index (χ1) is 14.1. The molecule has 2 aliphatic rings. The molecular weight excluding hydrogens is 406 g/mol. The van der Waals surface area contributed by atoms with E-state index in [-0.39, 0.29) is 11.9 Å². The molecule has 1 N–H and O–H groups in total. The number of aromatic nitrogens is 4. The Hall–Kier alpha value is -3.11. The number of aryl methyl sites for hydroxylation is 1. The number of thioether (sulfide) groups is 2. The lowest BCUT2D eigenvalue weighted by Crippen LogP contribution is -2.29. The van der Waals surface area contributed by atoms with Crippen LogP contribution in [0.25, 0.3) is 0 Å². The highest BCUT2D eigenvalue weighted by molar-refractivity contribution is 8.20. The summed E-state index contributed by atoms with van der Waals surface area (Å²) < 4.78 is 0. The predicted octanol–water partition coefficient (Wildman–Crippen LogP) is 3.69. The lowest BCUT2D eigenvalue weighted by atomic mass is 10.2. The number of benzene rings is 2. The van der Waals surface area contributed by atoms with Gasteiger partial charge < -0.3 is 4.90 Å². The minimum absolute atomic E-state index is 0.120. The number of anilines is 2. The van der Waals surface area contributed by atoms with Crippen LogP contribution in [0.4, 0.5) is 17.3 Å². The summed E-state index contributed by atoms with van der Waals surface area (Å²) in [6.45, 7) is 1.99. The third-order valence-corrected chi connectivity index (χ3v) is 6.90. The van der Waals surface area contributed by atoms with Gasteiger partial charge in [0.25, 0.3) is 11.9 Å². The van der Waals surface area contributed by atoms with E-state index in [2.05, 4.69) is 31.7 Å². The molecule has 8 nitrogen and oxygen atoms in total. The summed E-state index contributed by atoms with van der Waals surface area (Å²) >= 11 is 2.91. The van der Waals surface area contributed by atoms with Crippen LogP contribution in [0.3, 0.4) is 0 Å². The van der Waals surface area contributed by atoms with Crippen molar-refractivity contribution in [2.24, 2.45) is 4.99 Å². The van der Waals surface area contributed by atoms with Gasteiger partial charge in [-0.05, 0) is 53.7 Å². The third kappa shape index (κ3) is 3.10. The largest absolute Gasteiger partial charge is 0.337 e. The van der Waals surface area contributed by atoms with E-state index < -0.39 is 0 Å². The number of para-hydroxylation sites is 1. The number of carbonyl (C=O) groups is 1. The van der Waals surface area contributed by atoms with Gasteiger partial charge in [0.15, 0.2) is 5.17 Å². The summed E-state index contributed by atoms with van der Waals surface area (Å²) in [7, 11) is 1.97. The molecule has 2 aliphatic heterocycles. The molecule has 2 aromatic carbocycles. The summed E-state index contributed by atoms with van der Waals surface area (Å²) in [5.74, 6) is 0.0601. The molecule has 0 unspecified atom stereocenters. The summed E-state index contributed by atoms with van der Waals surface area (Å²) in [4.78, 5) is 23.4. The molecule has 0 aliphatic carbocycles. The van der Waals surface area contributed by atoms with E-state index in [9.17, 15) is 4.79 Å². The first-order valence-corrected chi connectivity index (χ1v) is 10.4. The van der Waals surface area contributed by atoms with Crippen LogP contribution in [0.1, 0.15) is 5.56 Å². The highest BCUT2D eigenvalue weighted by Gasteiger charge is 2.40. The number of amidine groups is 1. The second kappa shape index (κ2) is 7.05. The number of fused-ring (bicyclic) bond motifs is 1. The van der Waals surface area contributed by atoms with Crippen molar-refractivity contribution in [3.63, 3.8) is 0 Å². The van der Waals surface area contributed by atoms with Gasteiger partial charge in [0, 0.05) is 11.9 Å². The number of aliphatic imine (C=N–C) groups is 1. The summed E-state index contributed by atoms with van der Waals surface area (Å²) in [6, 6.07) is 15.9. The third-order valence-electron chi connectivity index (χ3n) is 4.50.